The number of hydrogen-bond acceptors (Lipinski definition) is 4. The molecule has 0 unspecified atom stereocenters. The molecule has 2 aliphatic rings. The molecule has 7 heteroatoms. The summed E-state index contributed by atoms with van der Waals surface area (Å²) in [5, 5.41) is 5.54. The molecule has 3 amide bonds. The average Bonchev–Trinajstić information content (AvgIpc) is 3.03. The fourth-order valence-electron chi connectivity index (χ4n) is 2.84. The van der Waals surface area contributed by atoms with Crippen LogP contribution < -0.4 is 10.6 Å². The molecule has 3 rings (SSSR count). The van der Waals surface area contributed by atoms with Crippen molar-refractivity contribution in [3.8, 4) is 0 Å². The van der Waals surface area contributed by atoms with E-state index in [4.69, 9.17) is 0 Å². The van der Waals surface area contributed by atoms with Crippen molar-refractivity contribution in [3.05, 3.63) is 29.8 Å². The maximum absolute atomic E-state index is 12.3. The third kappa shape index (κ3) is 4.08. The molecule has 1 aromatic rings. The Kier molecular flexibility index (Phi) is 5.40. The predicted molar refractivity (Wildman–Crippen MR) is 94.1 cm³/mol. The summed E-state index contributed by atoms with van der Waals surface area (Å²) >= 11 is 1.59. The van der Waals surface area contributed by atoms with Crippen molar-refractivity contribution < 1.29 is 14.4 Å². The van der Waals surface area contributed by atoms with Gasteiger partial charge in [0.15, 0.2) is 0 Å². The van der Waals surface area contributed by atoms with Crippen molar-refractivity contribution in [2.24, 2.45) is 0 Å². The molecule has 6 nitrogen and oxygen atoms in total. The normalized spacial score (nSPS) is 21.1. The quantitative estimate of drug-likeness (QED) is 0.868. The molecule has 2 aliphatic heterocycles. The molecule has 2 saturated heterocycles. The first-order chi connectivity index (χ1) is 11.6. The number of nitrogens with zero attached hydrogens (tertiary/aromatic N) is 1. The van der Waals surface area contributed by atoms with E-state index in [0.29, 0.717) is 23.4 Å². The van der Waals surface area contributed by atoms with E-state index in [1.165, 1.54) is 0 Å². The van der Waals surface area contributed by atoms with Gasteiger partial charge in [0.1, 0.15) is 6.04 Å². The Bertz CT molecular complexity index is 626. The number of benzene rings is 1. The second kappa shape index (κ2) is 7.70. The summed E-state index contributed by atoms with van der Waals surface area (Å²) in [6.45, 7) is 1.63. The Hall–Kier alpha value is -2.02. The van der Waals surface area contributed by atoms with Gasteiger partial charge in [0.05, 0.1) is 0 Å². The number of anilines is 1. The van der Waals surface area contributed by atoms with Crippen molar-refractivity contribution in [2.75, 3.05) is 29.9 Å². The highest BCUT2D eigenvalue weighted by Gasteiger charge is 2.24. The second-order valence-electron chi connectivity index (χ2n) is 6.01. The number of hydrogen-bond donors (Lipinski definition) is 2. The molecule has 1 aromatic carbocycles. The first-order valence-corrected chi connectivity index (χ1v) is 9.36. The lowest BCUT2D eigenvalue weighted by Crippen LogP contribution is -2.44. The number of thioether (sulfide) groups is 1. The molecule has 128 valence electrons. The molecule has 0 radical (unpaired) electrons. The van der Waals surface area contributed by atoms with E-state index in [1.807, 2.05) is 4.90 Å². The highest BCUT2D eigenvalue weighted by molar-refractivity contribution is 7.99. The van der Waals surface area contributed by atoms with Gasteiger partial charge in [-0.05, 0) is 37.1 Å². The van der Waals surface area contributed by atoms with Gasteiger partial charge in [-0.15, -0.1) is 0 Å². The lowest BCUT2D eigenvalue weighted by molar-refractivity contribution is -0.125. The molecule has 2 fully saturated rings. The molecule has 0 saturated carbocycles. The van der Waals surface area contributed by atoms with E-state index in [0.717, 1.165) is 31.7 Å². The SMILES string of the molecule is O=C1CCSC[C@H](C(=O)Nc2ccc(C(=O)N3CCCC3)cc2)N1. The Morgan fingerprint density at radius 3 is 2.58 bits per heavy atom. The van der Waals surface area contributed by atoms with Crippen molar-refractivity contribution in [3.63, 3.8) is 0 Å². The van der Waals surface area contributed by atoms with Gasteiger partial charge >= 0.3 is 0 Å². The van der Waals surface area contributed by atoms with Crippen LogP contribution in [0.4, 0.5) is 5.69 Å². The molecule has 1 atom stereocenters. The van der Waals surface area contributed by atoms with Crippen LogP contribution in [-0.2, 0) is 9.59 Å². The van der Waals surface area contributed by atoms with Crippen LogP contribution in [0.5, 0.6) is 0 Å². The highest BCUT2D eigenvalue weighted by Crippen LogP contribution is 2.16. The zero-order valence-electron chi connectivity index (χ0n) is 13.4. The molecule has 0 aromatic heterocycles. The molecule has 24 heavy (non-hydrogen) atoms. The van der Waals surface area contributed by atoms with E-state index in [1.54, 1.807) is 36.0 Å². The summed E-state index contributed by atoms with van der Waals surface area (Å²) in [6, 6.07) is 6.41. The minimum absolute atomic E-state index is 0.0396. The van der Waals surface area contributed by atoms with Gasteiger partial charge in [0.25, 0.3) is 5.91 Å². The Morgan fingerprint density at radius 2 is 1.88 bits per heavy atom. The third-order valence-corrected chi connectivity index (χ3v) is 5.26. The standard InChI is InChI=1S/C17H21N3O3S/c21-15-7-10-24-11-14(19-15)16(22)18-13-5-3-12(4-6-13)17(23)20-8-1-2-9-20/h3-6,14H,1-2,7-11H2,(H,18,22)(H,19,21)/t14-/m1/s1. The lowest BCUT2D eigenvalue weighted by atomic mass is 10.1. The fourth-order valence-corrected chi connectivity index (χ4v) is 3.81. The van der Waals surface area contributed by atoms with Crippen LogP contribution in [0.3, 0.4) is 0 Å². The predicted octanol–water partition coefficient (Wildman–Crippen LogP) is 1.48. The molecule has 0 bridgehead atoms. The topological polar surface area (TPSA) is 78.5 Å². The van der Waals surface area contributed by atoms with Crippen LogP contribution >= 0.6 is 11.8 Å². The molecular weight excluding hydrogens is 326 g/mol. The number of likely N-dealkylation sites (tertiary alicyclic amines) is 1. The smallest absolute Gasteiger partial charge is 0.253 e. The number of carbonyl (C=O) groups excluding carboxylic acids is 3. The molecule has 2 N–H and O–H groups in total. The maximum Gasteiger partial charge on any atom is 0.253 e. The molecular formula is C17H21N3O3S. The van der Waals surface area contributed by atoms with Gasteiger partial charge in [-0.25, -0.2) is 0 Å². The van der Waals surface area contributed by atoms with E-state index < -0.39 is 6.04 Å². The van der Waals surface area contributed by atoms with Gasteiger partial charge in [0.2, 0.25) is 11.8 Å². The summed E-state index contributed by atoms with van der Waals surface area (Å²) in [7, 11) is 0. The summed E-state index contributed by atoms with van der Waals surface area (Å²) in [6.07, 6.45) is 2.57. The monoisotopic (exact) mass is 347 g/mol. The average molecular weight is 347 g/mol. The van der Waals surface area contributed by atoms with Gasteiger partial charge in [-0.2, -0.15) is 11.8 Å². The first-order valence-electron chi connectivity index (χ1n) is 8.21. The van der Waals surface area contributed by atoms with Crippen LogP contribution in [0.15, 0.2) is 24.3 Å². The van der Waals surface area contributed by atoms with Crippen LogP contribution in [0.1, 0.15) is 29.6 Å². The third-order valence-electron chi connectivity index (χ3n) is 4.20. The van der Waals surface area contributed by atoms with Crippen LogP contribution in [0, 0.1) is 0 Å². The maximum atomic E-state index is 12.3. The largest absolute Gasteiger partial charge is 0.343 e. The number of amides is 3. The number of carbonyl (C=O) groups is 3. The zero-order chi connectivity index (χ0) is 16.9. The van der Waals surface area contributed by atoms with E-state index >= 15 is 0 Å². The van der Waals surface area contributed by atoms with Gasteiger partial charge in [-0.1, -0.05) is 0 Å². The van der Waals surface area contributed by atoms with E-state index in [9.17, 15) is 14.4 Å². The first kappa shape index (κ1) is 16.8. The summed E-state index contributed by atoms with van der Waals surface area (Å²) in [5.74, 6) is 1.03. The zero-order valence-corrected chi connectivity index (χ0v) is 14.2. The fraction of sp³-hybridized carbons (Fsp3) is 0.471. The Labute approximate surface area is 145 Å². The lowest BCUT2D eigenvalue weighted by Gasteiger charge is -2.17. The second-order valence-corrected chi connectivity index (χ2v) is 7.16. The highest BCUT2D eigenvalue weighted by atomic mass is 32.2. The van der Waals surface area contributed by atoms with Crippen LogP contribution in [0.25, 0.3) is 0 Å². The molecule has 0 spiro atoms. The van der Waals surface area contributed by atoms with E-state index in [-0.39, 0.29) is 17.7 Å². The Morgan fingerprint density at radius 1 is 1.17 bits per heavy atom. The van der Waals surface area contributed by atoms with Crippen LogP contribution in [0.2, 0.25) is 0 Å². The minimum Gasteiger partial charge on any atom is -0.343 e. The van der Waals surface area contributed by atoms with Crippen molar-refractivity contribution in [1.82, 2.24) is 10.2 Å². The van der Waals surface area contributed by atoms with Gasteiger partial charge < -0.3 is 15.5 Å². The summed E-state index contributed by atoms with van der Waals surface area (Å²) in [5.41, 5.74) is 1.26. The van der Waals surface area contributed by atoms with Gasteiger partial charge in [-0.3, -0.25) is 14.4 Å². The minimum atomic E-state index is -0.518. The Balaban J connectivity index is 1.60. The van der Waals surface area contributed by atoms with Crippen molar-refractivity contribution in [2.45, 2.75) is 25.3 Å². The van der Waals surface area contributed by atoms with Crippen LogP contribution in [-0.4, -0.2) is 53.3 Å². The van der Waals surface area contributed by atoms with Crippen molar-refractivity contribution >= 4 is 35.2 Å². The molecule has 0 aliphatic carbocycles. The van der Waals surface area contributed by atoms with Crippen molar-refractivity contribution in [1.29, 1.82) is 0 Å². The summed E-state index contributed by atoms with van der Waals surface area (Å²) < 4.78 is 0. The number of nitrogens with one attached hydrogen (secondary N) is 2. The van der Waals surface area contributed by atoms with Gasteiger partial charge in [0, 0.05) is 42.3 Å². The number of rotatable bonds is 3. The molecule has 2 heterocycles. The van der Waals surface area contributed by atoms with E-state index in [2.05, 4.69) is 10.6 Å². The summed E-state index contributed by atoms with van der Waals surface area (Å²) in [4.78, 5) is 38.0.